The highest BCUT2D eigenvalue weighted by atomic mass is 16.3. The van der Waals surface area contributed by atoms with Crippen LogP contribution >= 0.6 is 0 Å². The van der Waals surface area contributed by atoms with E-state index in [1.165, 1.54) is 38.5 Å². The molecule has 4 fully saturated rings. The fourth-order valence-corrected chi connectivity index (χ4v) is 6.43. The molecule has 4 aliphatic carbocycles. The Kier molecular flexibility index (Phi) is 3.31. The predicted molar refractivity (Wildman–Crippen MR) is 98.8 cm³/mol. The van der Waals surface area contributed by atoms with E-state index in [2.05, 4.69) is 6.07 Å². The van der Waals surface area contributed by atoms with Crippen LogP contribution in [0.5, 0.6) is 5.75 Å². The monoisotopic (exact) mass is 332 g/mol. The van der Waals surface area contributed by atoms with Gasteiger partial charge in [-0.15, -0.1) is 0 Å². The molecule has 0 atom stereocenters. The largest absolute Gasteiger partial charge is 0.508 e. The summed E-state index contributed by atoms with van der Waals surface area (Å²) >= 11 is 0. The zero-order chi connectivity index (χ0) is 17.0. The van der Waals surface area contributed by atoms with Crippen LogP contribution in [0.4, 0.5) is 0 Å². The Balaban J connectivity index is 1.62. The molecule has 0 saturated heterocycles. The molecule has 2 aromatic rings. The molecule has 1 N–H and O–H groups in total. The van der Waals surface area contributed by atoms with Crippen LogP contribution in [0.25, 0.3) is 11.1 Å². The van der Waals surface area contributed by atoms with E-state index < -0.39 is 0 Å². The van der Waals surface area contributed by atoms with Gasteiger partial charge in [0.15, 0.2) is 6.29 Å². The molecular weight excluding hydrogens is 308 g/mol. The maximum atomic E-state index is 11.4. The van der Waals surface area contributed by atoms with Gasteiger partial charge in [0.2, 0.25) is 0 Å². The van der Waals surface area contributed by atoms with E-state index in [9.17, 15) is 9.90 Å². The van der Waals surface area contributed by atoms with Crippen molar-refractivity contribution in [1.82, 2.24) is 0 Å². The fourth-order valence-electron chi connectivity index (χ4n) is 6.43. The third-order valence-corrected chi connectivity index (χ3v) is 7.00. The van der Waals surface area contributed by atoms with Gasteiger partial charge in [-0.1, -0.05) is 30.3 Å². The first kappa shape index (κ1) is 15.2. The highest BCUT2D eigenvalue weighted by Gasteiger charge is 2.52. The Bertz CT molecular complexity index is 800. The van der Waals surface area contributed by atoms with Crippen molar-refractivity contribution in [3.05, 3.63) is 53.6 Å². The van der Waals surface area contributed by atoms with E-state index in [1.54, 1.807) is 0 Å². The van der Waals surface area contributed by atoms with Crippen molar-refractivity contribution in [2.75, 3.05) is 0 Å². The maximum absolute atomic E-state index is 11.4. The number of aldehydes is 1. The first-order valence-corrected chi connectivity index (χ1v) is 9.55. The zero-order valence-electron chi connectivity index (χ0n) is 14.4. The summed E-state index contributed by atoms with van der Waals surface area (Å²) in [7, 11) is 0. The molecule has 6 rings (SSSR count). The molecule has 0 spiro atoms. The Labute approximate surface area is 148 Å². The Morgan fingerprint density at radius 3 is 2.20 bits per heavy atom. The Morgan fingerprint density at radius 1 is 0.920 bits per heavy atom. The van der Waals surface area contributed by atoms with Crippen molar-refractivity contribution in [3.8, 4) is 16.9 Å². The van der Waals surface area contributed by atoms with Gasteiger partial charge in [0.05, 0.1) is 0 Å². The molecule has 4 bridgehead atoms. The van der Waals surface area contributed by atoms with Crippen LogP contribution in [0.15, 0.2) is 42.5 Å². The number of benzene rings is 2. The van der Waals surface area contributed by atoms with Crippen molar-refractivity contribution in [1.29, 1.82) is 0 Å². The first-order valence-electron chi connectivity index (χ1n) is 9.55. The van der Waals surface area contributed by atoms with E-state index in [0.29, 0.717) is 11.3 Å². The molecule has 2 aromatic carbocycles. The number of rotatable bonds is 3. The number of aromatic hydroxyl groups is 1. The van der Waals surface area contributed by atoms with Gasteiger partial charge >= 0.3 is 0 Å². The minimum Gasteiger partial charge on any atom is -0.508 e. The standard InChI is InChI=1S/C23H24O2/c24-14-19-3-1-2-4-20(19)18-5-6-22(25)21(10-18)23-11-15-7-16(12-23)9-17(8-15)13-23/h1-6,10,14-17,25H,7-9,11-13H2. The van der Waals surface area contributed by atoms with Crippen molar-refractivity contribution in [2.45, 2.75) is 43.9 Å². The summed E-state index contributed by atoms with van der Waals surface area (Å²) in [5.74, 6) is 2.97. The first-order chi connectivity index (χ1) is 12.2. The number of carbonyl (C=O) groups excluding carboxylic acids is 1. The Hall–Kier alpha value is -2.09. The second-order valence-electron chi connectivity index (χ2n) is 8.63. The second kappa shape index (κ2) is 5.45. The number of phenolic OH excluding ortho intramolecular Hbond substituents is 1. The molecule has 4 aliphatic rings. The van der Waals surface area contributed by atoms with E-state index in [-0.39, 0.29) is 5.41 Å². The van der Waals surface area contributed by atoms with Crippen LogP contribution in [-0.2, 0) is 5.41 Å². The van der Waals surface area contributed by atoms with Crippen molar-refractivity contribution in [3.63, 3.8) is 0 Å². The molecule has 0 aliphatic heterocycles. The number of hydrogen-bond acceptors (Lipinski definition) is 2. The average Bonchev–Trinajstić information content (AvgIpc) is 2.61. The van der Waals surface area contributed by atoms with Gasteiger partial charge in [-0.2, -0.15) is 0 Å². The maximum Gasteiger partial charge on any atom is 0.150 e. The molecule has 0 unspecified atom stereocenters. The predicted octanol–water partition coefficient (Wildman–Crippen LogP) is 5.34. The summed E-state index contributed by atoms with van der Waals surface area (Å²) in [5, 5.41) is 10.7. The topological polar surface area (TPSA) is 37.3 Å². The van der Waals surface area contributed by atoms with Crippen LogP contribution in [0, 0.1) is 17.8 Å². The van der Waals surface area contributed by atoms with E-state index in [1.807, 2.05) is 36.4 Å². The molecule has 0 aromatic heterocycles. The van der Waals surface area contributed by atoms with Gasteiger partial charge in [-0.3, -0.25) is 4.79 Å². The third-order valence-electron chi connectivity index (χ3n) is 7.00. The van der Waals surface area contributed by atoms with Gasteiger partial charge < -0.3 is 5.11 Å². The summed E-state index contributed by atoms with van der Waals surface area (Å²) in [6.07, 6.45) is 8.80. The quantitative estimate of drug-likeness (QED) is 0.770. The molecule has 0 heterocycles. The molecular formula is C23H24O2. The average molecular weight is 332 g/mol. The van der Waals surface area contributed by atoms with Gasteiger partial charge in [-0.25, -0.2) is 0 Å². The fraction of sp³-hybridized carbons (Fsp3) is 0.435. The molecule has 2 heteroatoms. The second-order valence-corrected chi connectivity index (χ2v) is 8.63. The molecule has 4 saturated carbocycles. The van der Waals surface area contributed by atoms with Crippen molar-refractivity contribution >= 4 is 6.29 Å². The van der Waals surface area contributed by atoms with Crippen LogP contribution in [0.1, 0.15) is 54.4 Å². The third kappa shape index (κ3) is 2.34. The lowest BCUT2D eigenvalue weighted by Crippen LogP contribution is -2.48. The molecule has 0 amide bonds. The minimum atomic E-state index is 0.158. The van der Waals surface area contributed by atoms with Crippen molar-refractivity contribution in [2.24, 2.45) is 17.8 Å². The summed E-state index contributed by atoms with van der Waals surface area (Å²) in [4.78, 5) is 11.4. The SMILES string of the molecule is O=Cc1ccccc1-c1ccc(O)c(C23CC4CC(CC(C4)C2)C3)c1. The normalized spacial score (nSPS) is 32.7. The summed E-state index contributed by atoms with van der Waals surface area (Å²) in [6.45, 7) is 0. The lowest BCUT2D eigenvalue weighted by Gasteiger charge is -2.57. The summed E-state index contributed by atoms with van der Waals surface area (Å²) in [6, 6.07) is 13.7. The van der Waals surface area contributed by atoms with Crippen LogP contribution in [-0.4, -0.2) is 11.4 Å². The summed E-state index contributed by atoms with van der Waals surface area (Å²) in [5.41, 5.74) is 4.01. The smallest absolute Gasteiger partial charge is 0.150 e. The van der Waals surface area contributed by atoms with E-state index in [4.69, 9.17) is 0 Å². The van der Waals surface area contributed by atoms with Crippen LogP contribution in [0.2, 0.25) is 0 Å². The molecule has 25 heavy (non-hydrogen) atoms. The van der Waals surface area contributed by atoms with Crippen molar-refractivity contribution < 1.29 is 9.90 Å². The van der Waals surface area contributed by atoms with Gasteiger partial charge in [0, 0.05) is 11.1 Å². The lowest BCUT2D eigenvalue weighted by atomic mass is 9.48. The molecule has 2 nitrogen and oxygen atoms in total. The van der Waals surface area contributed by atoms with Gasteiger partial charge in [0.1, 0.15) is 5.75 Å². The van der Waals surface area contributed by atoms with Gasteiger partial charge in [0.25, 0.3) is 0 Å². The number of phenols is 1. The number of hydrogen-bond donors (Lipinski definition) is 1. The number of carbonyl (C=O) groups is 1. The highest BCUT2D eigenvalue weighted by Crippen LogP contribution is 2.62. The molecule has 128 valence electrons. The summed E-state index contributed by atoms with van der Waals surface area (Å²) < 4.78 is 0. The van der Waals surface area contributed by atoms with Crippen LogP contribution in [0.3, 0.4) is 0 Å². The minimum absolute atomic E-state index is 0.158. The molecule has 0 radical (unpaired) electrons. The lowest BCUT2D eigenvalue weighted by molar-refractivity contribution is -0.00611. The zero-order valence-corrected chi connectivity index (χ0v) is 14.4. The highest BCUT2D eigenvalue weighted by molar-refractivity contribution is 5.87. The Morgan fingerprint density at radius 2 is 1.56 bits per heavy atom. The van der Waals surface area contributed by atoms with E-state index >= 15 is 0 Å². The van der Waals surface area contributed by atoms with Gasteiger partial charge in [-0.05, 0) is 85.0 Å². The van der Waals surface area contributed by atoms with E-state index in [0.717, 1.165) is 40.7 Å². The van der Waals surface area contributed by atoms with Crippen LogP contribution < -0.4 is 0 Å².